The normalized spacial score (nSPS) is 10.9. The number of thioether (sulfide) groups is 1. The van der Waals surface area contributed by atoms with Crippen LogP contribution in [0, 0.1) is 0 Å². The van der Waals surface area contributed by atoms with Crippen LogP contribution in [-0.4, -0.2) is 25.4 Å². The van der Waals surface area contributed by atoms with E-state index in [1.165, 1.54) is 6.07 Å². The summed E-state index contributed by atoms with van der Waals surface area (Å²) < 4.78 is 35.0. The molecule has 1 aromatic heterocycles. The third-order valence-corrected chi connectivity index (χ3v) is 4.56. The Labute approximate surface area is 135 Å². The molecule has 118 valence electrons. The molecule has 0 aliphatic heterocycles. The van der Waals surface area contributed by atoms with Gasteiger partial charge >= 0.3 is 5.97 Å². The summed E-state index contributed by atoms with van der Waals surface area (Å²) in [4.78, 5) is 12.5. The maximum atomic E-state index is 12.4. The van der Waals surface area contributed by atoms with E-state index in [2.05, 4.69) is 0 Å². The Morgan fingerprint density at radius 3 is 2.64 bits per heavy atom. The van der Waals surface area contributed by atoms with Crippen molar-refractivity contribution in [3.63, 3.8) is 0 Å². The Kier molecular flexibility index (Phi) is 6.35. The van der Waals surface area contributed by atoms with Crippen molar-refractivity contribution in [1.82, 2.24) is 0 Å². The van der Waals surface area contributed by atoms with Crippen LogP contribution < -0.4 is 4.74 Å². The summed E-state index contributed by atoms with van der Waals surface area (Å²) in [7, 11) is 1.63. The highest BCUT2D eigenvalue weighted by Gasteiger charge is 2.19. The zero-order valence-electron chi connectivity index (χ0n) is 11.8. The van der Waals surface area contributed by atoms with E-state index in [9.17, 15) is 13.6 Å². The maximum absolute atomic E-state index is 12.4. The lowest BCUT2D eigenvalue weighted by atomic mass is 10.1. The van der Waals surface area contributed by atoms with E-state index >= 15 is 0 Å². The number of hydrogen-bond acceptors (Lipinski definition) is 5. The molecule has 0 atom stereocenters. The number of benzene rings is 1. The second-order valence-corrected chi connectivity index (χ2v) is 6.22. The number of methoxy groups -OCH3 is 1. The number of ether oxygens (including phenoxy) is 2. The molecule has 0 N–H and O–H groups in total. The molecule has 1 heterocycles. The van der Waals surface area contributed by atoms with Crippen LogP contribution in [0.5, 0.6) is 5.75 Å². The van der Waals surface area contributed by atoms with Crippen LogP contribution in [0.25, 0.3) is 0 Å². The lowest BCUT2D eigenvalue weighted by molar-refractivity contribution is 0.0736. The molecule has 2 rings (SSSR count). The van der Waals surface area contributed by atoms with Crippen molar-refractivity contribution in [2.75, 3.05) is 13.7 Å². The Balaban J connectivity index is 2.01. The van der Waals surface area contributed by atoms with Crippen LogP contribution >= 0.6 is 23.1 Å². The Bertz CT molecular complexity index is 612. The molecule has 3 nitrogen and oxygen atoms in total. The molecule has 1 aromatic carbocycles. The summed E-state index contributed by atoms with van der Waals surface area (Å²) in [6.45, 7) is 0.614. The Morgan fingerprint density at radius 1 is 1.27 bits per heavy atom. The molecule has 0 fully saturated rings. The highest BCUT2D eigenvalue weighted by Crippen LogP contribution is 2.32. The Hall–Kier alpha value is -1.44. The number of halogens is 2. The number of thiophene rings is 1. The summed E-state index contributed by atoms with van der Waals surface area (Å²) in [5.41, 5.74) is 1.06. The predicted octanol–water partition coefficient (Wildman–Crippen LogP) is 4.47. The van der Waals surface area contributed by atoms with Crippen LogP contribution in [0.4, 0.5) is 8.78 Å². The monoisotopic (exact) mass is 344 g/mol. The van der Waals surface area contributed by atoms with E-state index in [4.69, 9.17) is 9.47 Å². The van der Waals surface area contributed by atoms with Gasteiger partial charge < -0.3 is 9.47 Å². The van der Waals surface area contributed by atoms with Crippen molar-refractivity contribution in [3.05, 3.63) is 46.2 Å². The van der Waals surface area contributed by atoms with Crippen LogP contribution in [0.2, 0.25) is 0 Å². The minimum atomic E-state index is -2.57. The average molecular weight is 344 g/mol. The molecule has 2 aromatic rings. The fourth-order valence-corrected chi connectivity index (χ4v) is 3.30. The maximum Gasteiger partial charge on any atom is 0.354 e. The molecule has 0 saturated carbocycles. The molecule has 22 heavy (non-hydrogen) atoms. The van der Waals surface area contributed by atoms with Crippen molar-refractivity contribution in [3.8, 4) is 5.75 Å². The van der Waals surface area contributed by atoms with Crippen LogP contribution in [-0.2, 0) is 11.2 Å². The molecular weight excluding hydrogens is 330 g/mol. The van der Waals surface area contributed by atoms with Crippen molar-refractivity contribution in [1.29, 1.82) is 0 Å². The largest absolute Gasteiger partial charge is 0.422 e. The molecule has 0 amide bonds. The lowest BCUT2D eigenvalue weighted by Crippen LogP contribution is -2.08. The van der Waals surface area contributed by atoms with E-state index in [1.807, 2.05) is 12.1 Å². The van der Waals surface area contributed by atoms with Crippen molar-refractivity contribution in [2.45, 2.75) is 17.1 Å². The zero-order valence-corrected chi connectivity index (χ0v) is 13.4. The molecule has 0 spiro atoms. The van der Waals surface area contributed by atoms with Crippen molar-refractivity contribution in [2.24, 2.45) is 0 Å². The fourth-order valence-electron chi connectivity index (χ4n) is 1.73. The first-order valence-electron chi connectivity index (χ1n) is 6.42. The van der Waals surface area contributed by atoms with E-state index in [0.717, 1.165) is 23.3 Å². The van der Waals surface area contributed by atoms with E-state index in [0.29, 0.717) is 24.1 Å². The molecule has 0 unspecified atom stereocenters. The van der Waals surface area contributed by atoms with E-state index < -0.39 is 11.7 Å². The van der Waals surface area contributed by atoms with Gasteiger partial charge in [0.2, 0.25) is 0 Å². The number of carbonyl (C=O) groups excluding carboxylic acids is 1. The molecule has 0 bridgehead atoms. The number of carbonyl (C=O) groups is 1. The summed E-state index contributed by atoms with van der Waals surface area (Å²) in [6.07, 6.45) is 0.769. The third-order valence-electron chi connectivity index (χ3n) is 2.76. The van der Waals surface area contributed by atoms with E-state index in [-0.39, 0.29) is 9.77 Å². The Morgan fingerprint density at radius 2 is 2.00 bits per heavy atom. The van der Waals surface area contributed by atoms with Gasteiger partial charge in [0.25, 0.3) is 5.76 Å². The van der Waals surface area contributed by atoms with Gasteiger partial charge in [0, 0.05) is 12.0 Å². The first kappa shape index (κ1) is 16.9. The van der Waals surface area contributed by atoms with Gasteiger partial charge in [0.1, 0.15) is 10.6 Å². The zero-order chi connectivity index (χ0) is 15.9. The second kappa shape index (κ2) is 8.26. The van der Waals surface area contributed by atoms with Crippen LogP contribution in [0.3, 0.4) is 0 Å². The molecule has 0 saturated heterocycles. The first-order valence-corrected chi connectivity index (χ1v) is 8.18. The highest BCUT2D eigenvalue weighted by atomic mass is 32.2. The van der Waals surface area contributed by atoms with Gasteiger partial charge in [-0.25, -0.2) is 4.79 Å². The van der Waals surface area contributed by atoms with Gasteiger partial charge in [-0.05, 0) is 35.6 Å². The summed E-state index contributed by atoms with van der Waals surface area (Å²) in [6, 6.07) is 8.52. The molecule has 0 aliphatic rings. The van der Waals surface area contributed by atoms with Crippen LogP contribution in [0.1, 0.15) is 15.2 Å². The standard InChI is InChI=1S/C15H14F2O3S2/c1-19-8-6-10-2-4-11(5-3-10)20-14(18)13-12(7-9-21-13)22-15(16)17/h2-5,7,9,15H,6,8H2,1H3. The fraction of sp³-hybridized carbons (Fsp3) is 0.267. The highest BCUT2D eigenvalue weighted by molar-refractivity contribution is 7.99. The van der Waals surface area contributed by atoms with Gasteiger partial charge in [-0.2, -0.15) is 8.78 Å². The molecule has 7 heteroatoms. The number of alkyl halides is 2. The van der Waals surface area contributed by atoms with Crippen molar-refractivity contribution >= 4 is 29.1 Å². The van der Waals surface area contributed by atoms with Gasteiger partial charge in [-0.15, -0.1) is 11.3 Å². The quantitative estimate of drug-likeness (QED) is 0.422. The molecular formula is C15H14F2O3S2. The summed E-state index contributed by atoms with van der Waals surface area (Å²) in [5, 5.41) is 1.59. The third kappa shape index (κ3) is 4.79. The molecule has 0 aliphatic carbocycles. The smallest absolute Gasteiger partial charge is 0.354 e. The molecule has 0 radical (unpaired) electrons. The second-order valence-electron chi connectivity index (χ2n) is 4.27. The van der Waals surface area contributed by atoms with Gasteiger partial charge in [0.15, 0.2) is 0 Å². The van der Waals surface area contributed by atoms with Gasteiger partial charge in [-0.1, -0.05) is 23.9 Å². The minimum absolute atomic E-state index is 0.189. The summed E-state index contributed by atoms with van der Waals surface area (Å²) in [5.74, 6) is -2.81. The number of esters is 1. The predicted molar refractivity (Wildman–Crippen MR) is 83.2 cm³/mol. The first-order chi connectivity index (χ1) is 10.6. The number of hydrogen-bond donors (Lipinski definition) is 0. The topological polar surface area (TPSA) is 35.5 Å². The minimum Gasteiger partial charge on any atom is -0.422 e. The lowest BCUT2D eigenvalue weighted by Gasteiger charge is -2.06. The van der Waals surface area contributed by atoms with Gasteiger partial charge in [0.05, 0.1) is 6.61 Å². The number of rotatable bonds is 7. The van der Waals surface area contributed by atoms with Gasteiger partial charge in [-0.3, -0.25) is 0 Å². The SMILES string of the molecule is COCCc1ccc(OC(=O)c2sccc2SC(F)F)cc1. The van der Waals surface area contributed by atoms with E-state index in [1.54, 1.807) is 24.6 Å². The van der Waals surface area contributed by atoms with Crippen molar-refractivity contribution < 1.29 is 23.0 Å². The summed E-state index contributed by atoms with van der Waals surface area (Å²) >= 11 is 1.43. The van der Waals surface area contributed by atoms with Crippen LogP contribution in [0.15, 0.2) is 40.6 Å². The average Bonchev–Trinajstić information content (AvgIpc) is 2.94.